The molecule has 188 valence electrons. The molecule has 0 aliphatic heterocycles. The molecule has 10 atom stereocenters. The summed E-state index contributed by atoms with van der Waals surface area (Å²) in [5, 5.41) is 27.0. The number of rotatable bonds is 3. The van der Waals surface area contributed by atoms with Gasteiger partial charge in [0.15, 0.2) is 0 Å². The first-order valence-corrected chi connectivity index (χ1v) is 14.3. The Bertz CT molecular complexity index is 971. The SMILES string of the molecule is C[C@@]1(O)CC[C@@]2(C)[C@@H](CCC3[C@@H]2CC[C@]2(C)[C@@H](C(O)Cn4cc5c(n4)C=CC(Cl)C5)CC[C@@H]32)C1. The topological polar surface area (TPSA) is 58.3 Å². The number of hydrogen-bond donors (Lipinski definition) is 2. The van der Waals surface area contributed by atoms with Crippen LogP contribution in [-0.2, 0) is 13.0 Å². The number of aromatic nitrogens is 2. The van der Waals surface area contributed by atoms with E-state index >= 15 is 0 Å². The molecule has 0 radical (unpaired) electrons. The Balaban J connectivity index is 1.18. The van der Waals surface area contributed by atoms with Crippen molar-refractivity contribution in [1.29, 1.82) is 0 Å². The van der Waals surface area contributed by atoms with Gasteiger partial charge < -0.3 is 10.2 Å². The summed E-state index contributed by atoms with van der Waals surface area (Å²) >= 11 is 6.29. The van der Waals surface area contributed by atoms with E-state index in [1.54, 1.807) is 0 Å². The molecule has 0 saturated heterocycles. The third kappa shape index (κ3) is 3.65. The summed E-state index contributed by atoms with van der Waals surface area (Å²) in [7, 11) is 0. The molecule has 5 heteroatoms. The average Bonchev–Trinajstić information content (AvgIpc) is 3.33. The summed E-state index contributed by atoms with van der Waals surface area (Å²) in [6.45, 7) is 7.71. The monoisotopic (exact) mass is 486 g/mol. The molecule has 3 unspecified atom stereocenters. The van der Waals surface area contributed by atoms with Crippen LogP contribution in [0.4, 0.5) is 0 Å². The number of alkyl halides is 1. The number of aliphatic hydroxyl groups is 2. The van der Waals surface area contributed by atoms with Crippen LogP contribution < -0.4 is 0 Å². The van der Waals surface area contributed by atoms with Crippen LogP contribution in [0.25, 0.3) is 6.08 Å². The van der Waals surface area contributed by atoms with Gasteiger partial charge in [0, 0.05) is 6.20 Å². The Morgan fingerprint density at radius 3 is 2.68 bits per heavy atom. The minimum atomic E-state index is -0.463. The van der Waals surface area contributed by atoms with Gasteiger partial charge in [-0.05, 0) is 123 Å². The maximum Gasteiger partial charge on any atom is 0.0880 e. The molecule has 4 saturated carbocycles. The highest BCUT2D eigenvalue weighted by Crippen LogP contribution is 2.68. The third-order valence-corrected chi connectivity index (χ3v) is 11.9. The van der Waals surface area contributed by atoms with Crippen molar-refractivity contribution in [2.24, 2.45) is 40.4 Å². The summed E-state index contributed by atoms with van der Waals surface area (Å²) in [4.78, 5) is 0. The minimum Gasteiger partial charge on any atom is -0.391 e. The van der Waals surface area contributed by atoms with Crippen molar-refractivity contribution in [2.45, 2.75) is 109 Å². The van der Waals surface area contributed by atoms with Gasteiger partial charge in [0.05, 0.1) is 29.3 Å². The molecule has 1 aromatic rings. The molecule has 0 amide bonds. The largest absolute Gasteiger partial charge is 0.391 e. The lowest BCUT2D eigenvalue weighted by atomic mass is 9.44. The Kier molecular flexibility index (Phi) is 5.60. The molecule has 0 aromatic carbocycles. The predicted octanol–water partition coefficient (Wildman–Crippen LogP) is 5.83. The Labute approximate surface area is 210 Å². The summed E-state index contributed by atoms with van der Waals surface area (Å²) in [6.07, 6.45) is 17.3. The fourth-order valence-corrected chi connectivity index (χ4v) is 10.0. The second kappa shape index (κ2) is 8.08. The lowest BCUT2D eigenvalue weighted by Crippen LogP contribution is -2.56. The van der Waals surface area contributed by atoms with Gasteiger partial charge in [0.2, 0.25) is 0 Å². The standard InChI is InChI=1S/C29H43ClN2O2/c1-27(34)12-13-28(2)19(15-27)4-6-21-22-7-8-24(29(22,3)11-10-23(21)28)26(33)17-32-16-18-14-20(30)5-9-25(18)31-32/h5,9,16,19-24,26,33-34H,4,6-8,10-15,17H2,1-3H3/t19-,20?,21?,22-,23-,24+,26?,27+,28-,29-/m0/s1. The third-order valence-electron chi connectivity index (χ3n) is 11.6. The van der Waals surface area contributed by atoms with Gasteiger partial charge in [-0.1, -0.05) is 19.9 Å². The Morgan fingerprint density at radius 1 is 1.06 bits per heavy atom. The Morgan fingerprint density at radius 2 is 1.85 bits per heavy atom. The maximum absolute atomic E-state index is 11.5. The van der Waals surface area contributed by atoms with Crippen LogP contribution >= 0.6 is 11.6 Å². The smallest absolute Gasteiger partial charge is 0.0880 e. The number of halogens is 1. The maximum atomic E-state index is 11.5. The number of allylic oxidation sites excluding steroid dienone is 1. The highest BCUT2D eigenvalue weighted by Gasteiger charge is 2.61. The number of aliphatic hydroxyl groups excluding tert-OH is 1. The van der Waals surface area contributed by atoms with Gasteiger partial charge in [0.1, 0.15) is 0 Å². The van der Waals surface area contributed by atoms with E-state index in [-0.39, 0.29) is 16.9 Å². The van der Waals surface area contributed by atoms with Crippen LogP contribution in [0.2, 0.25) is 0 Å². The Hall–Kier alpha value is -0.840. The zero-order valence-corrected chi connectivity index (χ0v) is 22.0. The normalized spacial score (nSPS) is 48.5. The van der Waals surface area contributed by atoms with Gasteiger partial charge >= 0.3 is 0 Å². The number of fused-ring (bicyclic) bond motifs is 6. The van der Waals surface area contributed by atoms with E-state index in [0.717, 1.165) is 49.1 Å². The second-order valence-electron chi connectivity index (χ2n) is 13.5. The van der Waals surface area contributed by atoms with Gasteiger partial charge in [-0.3, -0.25) is 4.68 Å². The van der Waals surface area contributed by atoms with E-state index in [1.807, 2.05) is 16.8 Å². The summed E-state index contributed by atoms with van der Waals surface area (Å²) in [5.74, 6) is 3.36. The van der Waals surface area contributed by atoms with Crippen LogP contribution in [-0.4, -0.2) is 37.1 Å². The van der Waals surface area contributed by atoms with Crippen molar-refractivity contribution in [3.63, 3.8) is 0 Å². The molecule has 0 bridgehead atoms. The zero-order valence-electron chi connectivity index (χ0n) is 21.2. The molecule has 4 fully saturated rings. The average molecular weight is 487 g/mol. The lowest BCUT2D eigenvalue weighted by molar-refractivity contribution is -0.150. The van der Waals surface area contributed by atoms with E-state index in [0.29, 0.717) is 23.8 Å². The quantitative estimate of drug-likeness (QED) is 0.528. The summed E-state index contributed by atoms with van der Waals surface area (Å²) in [6, 6.07) is 0. The predicted molar refractivity (Wildman–Crippen MR) is 136 cm³/mol. The van der Waals surface area contributed by atoms with Crippen LogP contribution in [0, 0.1) is 40.4 Å². The van der Waals surface area contributed by atoms with Crippen molar-refractivity contribution < 1.29 is 10.2 Å². The van der Waals surface area contributed by atoms with E-state index in [4.69, 9.17) is 16.7 Å². The summed E-state index contributed by atoms with van der Waals surface area (Å²) in [5.41, 5.74) is 2.37. The molecular weight excluding hydrogens is 444 g/mol. The first-order valence-electron chi connectivity index (χ1n) is 13.9. The summed E-state index contributed by atoms with van der Waals surface area (Å²) < 4.78 is 1.97. The molecule has 1 aromatic heterocycles. The van der Waals surface area contributed by atoms with Crippen molar-refractivity contribution in [3.05, 3.63) is 23.5 Å². The van der Waals surface area contributed by atoms with Crippen LogP contribution in [0.1, 0.15) is 89.8 Å². The molecule has 0 spiro atoms. The first-order chi connectivity index (χ1) is 16.1. The van der Waals surface area contributed by atoms with Gasteiger partial charge in [-0.15, -0.1) is 11.6 Å². The molecule has 4 nitrogen and oxygen atoms in total. The van der Waals surface area contributed by atoms with Crippen LogP contribution in [0.15, 0.2) is 12.3 Å². The molecule has 2 N–H and O–H groups in total. The highest BCUT2D eigenvalue weighted by atomic mass is 35.5. The van der Waals surface area contributed by atoms with E-state index in [9.17, 15) is 10.2 Å². The van der Waals surface area contributed by atoms with E-state index < -0.39 is 5.60 Å². The molecule has 1 heterocycles. The van der Waals surface area contributed by atoms with Gasteiger partial charge in [-0.2, -0.15) is 5.10 Å². The number of nitrogens with zero attached hydrogens (tertiary/aromatic N) is 2. The molecule has 34 heavy (non-hydrogen) atoms. The fraction of sp³-hybridized carbons (Fsp3) is 0.828. The molecule has 5 aliphatic rings. The van der Waals surface area contributed by atoms with E-state index in [1.165, 1.54) is 44.1 Å². The molecule has 6 rings (SSSR count). The minimum absolute atomic E-state index is 0.0481. The zero-order chi connectivity index (χ0) is 23.9. The van der Waals surface area contributed by atoms with Gasteiger partial charge in [0.25, 0.3) is 0 Å². The number of hydrogen-bond acceptors (Lipinski definition) is 3. The lowest BCUT2D eigenvalue weighted by Gasteiger charge is -2.62. The van der Waals surface area contributed by atoms with E-state index in [2.05, 4.69) is 27.0 Å². The van der Waals surface area contributed by atoms with Crippen molar-refractivity contribution in [3.8, 4) is 0 Å². The van der Waals surface area contributed by atoms with Crippen molar-refractivity contribution >= 4 is 17.7 Å². The van der Waals surface area contributed by atoms with Crippen LogP contribution in [0.3, 0.4) is 0 Å². The van der Waals surface area contributed by atoms with Crippen molar-refractivity contribution in [2.75, 3.05) is 0 Å². The molecule has 5 aliphatic carbocycles. The van der Waals surface area contributed by atoms with Crippen LogP contribution in [0.5, 0.6) is 0 Å². The first kappa shape index (κ1) is 23.6. The highest BCUT2D eigenvalue weighted by molar-refractivity contribution is 6.22. The molecular formula is C29H43ClN2O2. The fourth-order valence-electron chi connectivity index (χ4n) is 9.77. The van der Waals surface area contributed by atoms with Crippen molar-refractivity contribution in [1.82, 2.24) is 9.78 Å². The second-order valence-corrected chi connectivity index (χ2v) is 14.1. The van der Waals surface area contributed by atoms with Gasteiger partial charge in [-0.25, -0.2) is 0 Å².